The van der Waals surface area contributed by atoms with Crippen LogP contribution in [0, 0.1) is 5.82 Å². The molecule has 128 valence electrons. The Balaban J connectivity index is 1.53. The van der Waals surface area contributed by atoms with Crippen molar-refractivity contribution in [2.45, 2.75) is 11.4 Å². The minimum absolute atomic E-state index is 0.0880. The molecule has 0 bridgehead atoms. The van der Waals surface area contributed by atoms with E-state index in [0.29, 0.717) is 6.54 Å². The van der Waals surface area contributed by atoms with E-state index in [4.69, 9.17) is 0 Å². The highest BCUT2D eigenvalue weighted by molar-refractivity contribution is 8.00. The number of thioether (sulfide) groups is 1. The van der Waals surface area contributed by atoms with E-state index in [0.717, 1.165) is 22.0 Å². The maximum atomic E-state index is 12.9. The molecule has 0 aliphatic rings. The lowest BCUT2D eigenvalue weighted by Crippen LogP contribution is -2.25. The van der Waals surface area contributed by atoms with Crippen LogP contribution in [0.15, 0.2) is 59.6 Å². The Morgan fingerprint density at radius 2 is 2.00 bits per heavy atom. The maximum Gasteiger partial charge on any atom is 0.230 e. The average molecular weight is 356 g/mol. The first-order valence-electron chi connectivity index (χ1n) is 7.71. The number of hydrogen-bond donors (Lipinski definition) is 1. The number of halogens is 1. The third kappa shape index (κ3) is 4.67. The number of pyridine rings is 1. The van der Waals surface area contributed by atoms with Crippen LogP contribution in [0.5, 0.6) is 0 Å². The van der Waals surface area contributed by atoms with Crippen molar-refractivity contribution in [3.63, 3.8) is 0 Å². The van der Waals surface area contributed by atoms with Crippen LogP contribution in [0.4, 0.5) is 4.39 Å². The Labute approximate surface area is 149 Å². The molecular formula is C18H17FN4OS. The minimum atomic E-state index is -0.284. The third-order valence-electron chi connectivity index (χ3n) is 3.55. The molecule has 0 radical (unpaired) electrons. The summed E-state index contributed by atoms with van der Waals surface area (Å²) in [6.45, 7) is 0.388. The molecule has 3 aromatic rings. The van der Waals surface area contributed by atoms with Gasteiger partial charge in [-0.15, -0.1) is 11.8 Å². The molecule has 0 aliphatic heterocycles. The van der Waals surface area contributed by atoms with Crippen molar-refractivity contribution in [3.8, 4) is 11.4 Å². The largest absolute Gasteiger partial charge is 0.350 e. The van der Waals surface area contributed by atoms with Gasteiger partial charge in [0.05, 0.1) is 23.7 Å². The van der Waals surface area contributed by atoms with Crippen LogP contribution >= 0.6 is 11.8 Å². The zero-order chi connectivity index (χ0) is 17.6. The van der Waals surface area contributed by atoms with E-state index in [1.807, 2.05) is 31.3 Å². The van der Waals surface area contributed by atoms with Crippen LogP contribution < -0.4 is 5.32 Å². The zero-order valence-electron chi connectivity index (χ0n) is 13.6. The number of aromatic nitrogens is 3. The highest BCUT2D eigenvalue weighted by Gasteiger charge is 2.09. The molecule has 7 heteroatoms. The van der Waals surface area contributed by atoms with Crippen molar-refractivity contribution in [2.75, 3.05) is 5.75 Å². The molecule has 0 spiro atoms. The fourth-order valence-electron chi connectivity index (χ4n) is 2.23. The second kappa shape index (κ2) is 7.94. The maximum absolute atomic E-state index is 12.9. The normalized spacial score (nSPS) is 10.6. The molecule has 25 heavy (non-hydrogen) atoms. The van der Waals surface area contributed by atoms with E-state index in [1.165, 1.54) is 23.9 Å². The molecular weight excluding hydrogens is 339 g/mol. The van der Waals surface area contributed by atoms with Crippen LogP contribution in [0.2, 0.25) is 0 Å². The summed E-state index contributed by atoms with van der Waals surface area (Å²) in [6.07, 6.45) is 1.72. The number of nitrogens with one attached hydrogen (secondary N) is 1. The van der Waals surface area contributed by atoms with Gasteiger partial charge in [-0.2, -0.15) is 5.10 Å². The number of amides is 1. The van der Waals surface area contributed by atoms with Crippen LogP contribution in [0.1, 0.15) is 5.69 Å². The zero-order valence-corrected chi connectivity index (χ0v) is 14.5. The van der Waals surface area contributed by atoms with Gasteiger partial charge in [-0.05, 0) is 42.5 Å². The number of carbonyl (C=O) groups is 1. The molecule has 0 atom stereocenters. The standard InChI is InChI=1S/C18H17FN4OS/c1-23-14(10-17(22-23)16-4-2-3-9-20-16)11-21-18(24)12-25-15-7-5-13(19)6-8-15/h2-10H,11-12H2,1H3,(H,21,24). The molecule has 0 saturated heterocycles. The third-order valence-corrected chi connectivity index (χ3v) is 4.57. The predicted octanol–water partition coefficient (Wildman–Crippen LogP) is 3.03. The fourth-order valence-corrected chi connectivity index (χ4v) is 2.96. The molecule has 2 heterocycles. The summed E-state index contributed by atoms with van der Waals surface area (Å²) in [5, 5.41) is 7.29. The van der Waals surface area contributed by atoms with Crippen molar-refractivity contribution in [3.05, 3.63) is 66.2 Å². The summed E-state index contributed by atoms with van der Waals surface area (Å²) in [5.74, 6) is -0.0973. The first-order chi connectivity index (χ1) is 12.1. The minimum Gasteiger partial charge on any atom is -0.350 e. The first kappa shape index (κ1) is 17.2. The monoisotopic (exact) mass is 356 g/mol. The quantitative estimate of drug-likeness (QED) is 0.690. The lowest BCUT2D eigenvalue weighted by molar-refractivity contribution is -0.118. The van der Waals surface area contributed by atoms with Crippen molar-refractivity contribution in [1.82, 2.24) is 20.1 Å². The summed E-state index contributed by atoms with van der Waals surface area (Å²) in [6, 6.07) is 13.7. The van der Waals surface area contributed by atoms with Crippen LogP contribution in [-0.2, 0) is 18.4 Å². The molecule has 2 aromatic heterocycles. The number of nitrogens with zero attached hydrogens (tertiary/aromatic N) is 3. The summed E-state index contributed by atoms with van der Waals surface area (Å²) in [7, 11) is 1.83. The second-order valence-corrected chi connectivity index (χ2v) is 6.43. The Morgan fingerprint density at radius 1 is 1.20 bits per heavy atom. The number of carbonyl (C=O) groups excluding carboxylic acids is 1. The van der Waals surface area contributed by atoms with Gasteiger partial charge in [-0.3, -0.25) is 14.5 Å². The molecule has 3 rings (SSSR count). The number of hydrogen-bond acceptors (Lipinski definition) is 4. The number of rotatable bonds is 6. The molecule has 0 fully saturated rings. The van der Waals surface area contributed by atoms with Crippen molar-refractivity contribution in [2.24, 2.45) is 7.05 Å². The molecule has 0 unspecified atom stereocenters. The number of benzene rings is 1. The second-order valence-electron chi connectivity index (χ2n) is 5.38. The predicted molar refractivity (Wildman–Crippen MR) is 95.4 cm³/mol. The Bertz CT molecular complexity index is 849. The van der Waals surface area contributed by atoms with E-state index in [1.54, 1.807) is 23.0 Å². The molecule has 5 nitrogen and oxygen atoms in total. The Hall–Kier alpha value is -2.67. The lowest BCUT2D eigenvalue weighted by atomic mass is 10.2. The van der Waals surface area contributed by atoms with Gasteiger partial charge in [0, 0.05) is 18.1 Å². The van der Waals surface area contributed by atoms with E-state index >= 15 is 0 Å². The van der Waals surface area contributed by atoms with Gasteiger partial charge in [0.15, 0.2) is 0 Å². The lowest BCUT2D eigenvalue weighted by Gasteiger charge is -2.05. The highest BCUT2D eigenvalue weighted by Crippen LogP contribution is 2.18. The highest BCUT2D eigenvalue weighted by atomic mass is 32.2. The fraction of sp³-hybridized carbons (Fsp3) is 0.167. The van der Waals surface area contributed by atoms with Gasteiger partial charge in [0.1, 0.15) is 11.5 Å². The molecule has 1 N–H and O–H groups in total. The Morgan fingerprint density at radius 3 is 2.72 bits per heavy atom. The van der Waals surface area contributed by atoms with Crippen LogP contribution in [0.3, 0.4) is 0 Å². The van der Waals surface area contributed by atoms with E-state index in [-0.39, 0.29) is 17.5 Å². The van der Waals surface area contributed by atoms with Gasteiger partial charge in [-0.25, -0.2) is 4.39 Å². The average Bonchev–Trinajstić information content (AvgIpc) is 3.01. The van der Waals surface area contributed by atoms with Gasteiger partial charge < -0.3 is 5.32 Å². The summed E-state index contributed by atoms with van der Waals surface area (Å²) < 4.78 is 14.6. The summed E-state index contributed by atoms with van der Waals surface area (Å²) in [4.78, 5) is 17.1. The molecule has 1 amide bonds. The van der Waals surface area contributed by atoms with Gasteiger partial charge in [0.25, 0.3) is 0 Å². The molecule has 0 aliphatic carbocycles. The van der Waals surface area contributed by atoms with Gasteiger partial charge in [-0.1, -0.05) is 6.07 Å². The summed E-state index contributed by atoms with van der Waals surface area (Å²) >= 11 is 1.37. The van der Waals surface area contributed by atoms with Gasteiger partial charge >= 0.3 is 0 Å². The van der Waals surface area contributed by atoms with Crippen molar-refractivity contribution in [1.29, 1.82) is 0 Å². The SMILES string of the molecule is Cn1nc(-c2ccccn2)cc1CNC(=O)CSc1ccc(F)cc1. The molecule has 1 aromatic carbocycles. The Kier molecular flexibility index (Phi) is 5.45. The summed E-state index contributed by atoms with van der Waals surface area (Å²) in [5.41, 5.74) is 2.45. The smallest absolute Gasteiger partial charge is 0.230 e. The van der Waals surface area contributed by atoms with Crippen molar-refractivity contribution < 1.29 is 9.18 Å². The van der Waals surface area contributed by atoms with Crippen molar-refractivity contribution >= 4 is 17.7 Å². The number of aryl methyl sites for hydroxylation is 1. The van der Waals surface area contributed by atoms with Crippen LogP contribution in [0.25, 0.3) is 11.4 Å². The first-order valence-corrected chi connectivity index (χ1v) is 8.70. The van der Waals surface area contributed by atoms with Crippen LogP contribution in [-0.4, -0.2) is 26.4 Å². The van der Waals surface area contributed by atoms with E-state index in [9.17, 15) is 9.18 Å². The van der Waals surface area contributed by atoms with E-state index in [2.05, 4.69) is 15.4 Å². The van der Waals surface area contributed by atoms with E-state index < -0.39 is 0 Å². The molecule has 0 saturated carbocycles. The van der Waals surface area contributed by atoms with Gasteiger partial charge in [0.2, 0.25) is 5.91 Å². The topological polar surface area (TPSA) is 59.8 Å².